The van der Waals surface area contributed by atoms with E-state index in [1.54, 1.807) is 30.3 Å². The number of aliphatic carboxylic acids is 2. The van der Waals surface area contributed by atoms with Crippen LogP contribution in [0, 0.1) is 0 Å². The zero-order chi connectivity index (χ0) is 13.9. The smallest absolute Gasteiger partial charge is 0.319 e. The molecular weight excluding hydrogens is 248 g/mol. The predicted octanol–water partition coefficient (Wildman–Crippen LogP) is 2.12. The Bertz CT molecular complexity index is 573. The second-order valence-electron chi connectivity index (χ2n) is 4.16. The Kier molecular flexibility index (Phi) is 3.37. The monoisotopic (exact) mass is 260 g/mol. The van der Waals surface area contributed by atoms with Crippen molar-refractivity contribution in [3.05, 3.63) is 60.1 Å². The van der Waals surface area contributed by atoms with E-state index in [0.717, 1.165) is 0 Å². The first kappa shape index (κ1) is 12.9. The van der Waals surface area contributed by atoms with E-state index < -0.39 is 23.8 Å². The van der Waals surface area contributed by atoms with E-state index in [-0.39, 0.29) is 0 Å². The van der Waals surface area contributed by atoms with Crippen LogP contribution in [0.1, 0.15) is 17.5 Å². The highest BCUT2D eigenvalue weighted by Gasteiger charge is 2.45. The van der Waals surface area contributed by atoms with Crippen LogP contribution in [0.4, 0.5) is 0 Å². The van der Waals surface area contributed by atoms with E-state index in [1.807, 2.05) is 0 Å². The SMILES string of the molecule is O=C(O)CC(C(=O)O)(c1ccccc1)c1ccoc1. The molecule has 2 aromatic rings. The lowest BCUT2D eigenvalue weighted by atomic mass is 9.73. The zero-order valence-corrected chi connectivity index (χ0v) is 9.95. The van der Waals surface area contributed by atoms with Gasteiger partial charge < -0.3 is 14.6 Å². The molecule has 5 nitrogen and oxygen atoms in total. The van der Waals surface area contributed by atoms with Crippen molar-refractivity contribution >= 4 is 11.9 Å². The highest BCUT2D eigenvalue weighted by atomic mass is 16.4. The van der Waals surface area contributed by atoms with Crippen molar-refractivity contribution in [2.45, 2.75) is 11.8 Å². The van der Waals surface area contributed by atoms with E-state index in [2.05, 4.69) is 0 Å². The predicted molar refractivity (Wildman–Crippen MR) is 65.8 cm³/mol. The first-order valence-electron chi connectivity index (χ1n) is 5.61. The summed E-state index contributed by atoms with van der Waals surface area (Å²) in [5.74, 6) is -2.41. The van der Waals surface area contributed by atoms with Gasteiger partial charge in [0.1, 0.15) is 5.41 Å². The van der Waals surface area contributed by atoms with Crippen molar-refractivity contribution in [1.29, 1.82) is 0 Å². The van der Waals surface area contributed by atoms with Gasteiger partial charge >= 0.3 is 11.9 Å². The third kappa shape index (κ3) is 2.22. The molecule has 98 valence electrons. The van der Waals surface area contributed by atoms with Gasteiger partial charge in [-0.15, -0.1) is 0 Å². The van der Waals surface area contributed by atoms with Crippen molar-refractivity contribution in [2.24, 2.45) is 0 Å². The minimum absolute atomic E-state index is 0.314. The number of benzene rings is 1. The summed E-state index contributed by atoms with van der Waals surface area (Å²) in [7, 11) is 0. The van der Waals surface area contributed by atoms with Crippen LogP contribution < -0.4 is 0 Å². The third-order valence-electron chi connectivity index (χ3n) is 3.06. The maximum atomic E-state index is 11.8. The van der Waals surface area contributed by atoms with Crippen molar-refractivity contribution in [1.82, 2.24) is 0 Å². The Hall–Kier alpha value is -2.56. The Morgan fingerprint density at radius 2 is 1.74 bits per heavy atom. The Morgan fingerprint density at radius 3 is 2.21 bits per heavy atom. The fourth-order valence-electron chi connectivity index (χ4n) is 2.15. The van der Waals surface area contributed by atoms with Crippen LogP contribution >= 0.6 is 0 Å². The molecule has 0 aliphatic heterocycles. The summed E-state index contributed by atoms with van der Waals surface area (Å²) < 4.78 is 4.92. The van der Waals surface area contributed by atoms with Crippen molar-refractivity contribution in [2.75, 3.05) is 0 Å². The number of rotatable bonds is 5. The molecule has 2 rings (SSSR count). The lowest BCUT2D eigenvalue weighted by Gasteiger charge is -2.27. The molecule has 1 atom stereocenters. The molecule has 1 aromatic carbocycles. The summed E-state index contributed by atoms with van der Waals surface area (Å²) in [6.45, 7) is 0. The second-order valence-corrected chi connectivity index (χ2v) is 4.16. The average molecular weight is 260 g/mol. The van der Waals surface area contributed by atoms with Crippen LogP contribution in [-0.2, 0) is 15.0 Å². The Labute approximate surface area is 109 Å². The van der Waals surface area contributed by atoms with Gasteiger partial charge in [-0.3, -0.25) is 9.59 Å². The standard InChI is InChI=1S/C14H12O5/c15-12(16)8-14(13(17)18,11-6-7-19-9-11)10-4-2-1-3-5-10/h1-7,9H,8H2,(H,15,16)(H,17,18). The molecule has 0 spiro atoms. The molecule has 2 N–H and O–H groups in total. The normalized spacial score (nSPS) is 13.7. The molecule has 0 aliphatic rings. The fourth-order valence-corrected chi connectivity index (χ4v) is 2.15. The molecule has 0 radical (unpaired) electrons. The Morgan fingerprint density at radius 1 is 1.05 bits per heavy atom. The molecule has 1 aromatic heterocycles. The van der Waals surface area contributed by atoms with Gasteiger partial charge in [0, 0.05) is 5.56 Å². The van der Waals surface area contributed by atoms with Gasteiger partial charge in [0.25, 0.3) is 0 Å². The number of carbonyl (C=O) groups is 2. The quantitative estimate of drug-likeness (QED) is 0.859. The highest BCUT2D eigenvalue weighted by Crippen LogP contribution is 2.36. The highest BCUT2D eigenvalue weighted by molar-refractivity contribution is 5.90. The molecule has 0 fully saturated rings. The van der Waals surface area contributed by atoms with Crippen molar-refractivity contribution < 1.29 is 24.2 Å². The van der Waals surface area contributed by atoms with Gasteiger partial charge in [-0.2, -0.15) is 0 Å². The zero-order valence-electron chi connectivity index (χ0n) is 9.95. The third-order valence-corrected chi connectivity index (χ3v) is 3.06. The van der Waals surface area contributed by atoms with Crippen LogP contribution in [0.25, 0.3) is 0 Å². The first-order chi connectivity index (χ1) is 9.07. The molecule has 0 bridgehead atoms. The van der Waals surface area contributed by atoms with E-state index in [1.165, 1.54) is 18.6 Å². The number of carboxylic acid groups (broad SMARTS) is 2. The van der Waals surface area contributed by atoms with Crippen LogP contribution in [0.5, 0.6) is 0 Å². The van der Waals surface area contributed by atoms with E-state index in [0.29, 0.717) is 11.1 Å². The lowest BCUT2D eigenvalue weighted by molar-refractivity contribution is -0.148. The summed E-state index contributed by atoms with van der Waals surface area (Å²) in [5.41, 5.74) is -0.917. The fraction of sp³-hybridized carbons (Fsp3) is 0.143. The van der Waals surface area contributed by atoms with Gasteiger partial charge in [0.15, 0.2) is 0 Å². The van der Waals surface area contributed by atoms with Crippen LogP contribution in [0.3, 0.4) is 0 Å². The minimum Gasteiger partial charge on any atom is -0.481 e. The molecule has 0 saturated heterocycles. The molecule has 0 aliphatic carbocycles. The van der Waals surface area contributed by atoms with Gasteiger partial charge in [0.05, 0.1) is 18.9 Å². The molecule has 0 amide bonds. The van der Waals surface area contributed by atoms with E-state index >= 15 is 0 Å². The summed E-state index contributed by atoms with van der Waals surface area (Å²) in [6.07, 6.45) is 2.05. The molecular formula is C14H12O5. The number of furan rings is 1. The lowest BCUT2D eigenvalue weighted by Crippen LogP contribution is -2.39. The van der Waals surface area contributed by atoms with Crippen LogP contribution in [0.15, 0.2) is 53.3 Å². The second kappa shape index (κ2) is 4.97. The molecule has 5 heteroatoms. The minimum atomic E-state index is -1.64. The first-order valence-corrected chi connectivity index (χ1v) is 5.61. The number of hydrogen-bond donors (Lipinski definition) is 2. The molecule has 19 heavy (non-hydrogen) atoms. The molecule has 0 saturated carbocycles. The van der Waals surface area contributed by atoms with E-state index in [9.17, 15) is 14.7 Å². The average Bonchev–Trinajstić information content (AvgIpc) is 2.90. The molecule has 1 heterocycles. The van der Waals surface area contributed by atoms with E-state index in [4.69, 9.17) is 9.52 Å². The molecule has 1 unspecified atom stereocenters. The maximum absolute atomic E-state index is 11.8. The van der Waals surface area contributed by atoms with Gasteiger partial charge in [-0.05, 0) is 11.6 Å². The maximum Gasteiger partial charge on any atom is 0.319 e. The van der Waals surface area contributed by atoms with Crippen LogP contribution in [0.2, 0.25) is 0 Å². The summed E-state index contributed by atoms with van der Waals surface area (Å²) in [5, 5.41) is 18.7. The number of hydrogen-bond acceptors (Lipinski definition) is 3. The van der Waals surface area contributed by atoms with Gasteiger partial charge in [0.2, 0.25) is 0 Å². The summed E-state index contributed by atoms with van der Waals surface area (Å²) >= 11 is 0. The largest absolute Gasteiger partial charge is 0.481 e. The van der Waals surface area contributed by atoms with Crippen molar-refractivity contribution in [3.8, 4) is 0 Å². The van der Waals surface area contributed by atoms with Crippen molar-refractivity contribution in [3.63, 3.8) is 0 Å². The summed E-state index contributed by atoms with van der Waals surface area (Å²) in [4.78, 5) is 22.8. The Balaban J connectivity index is 2.66. The van der Waals surface area contributed by atoms with Crippen LogP contribution in [-0.4, -0.2) is 22.2 Å². The topological polar surface area (TPSA) is 87.7 Å². The van der Waals surface area contributed by atoms with Gasteiger partial charge in [-0.25, -0.2) is 0 Å². The number of carboxylic acids is 2. The van der Waals surface area contributed by atoms with Gasteiger partial charge in [-0.1, -0.05) is 30.3 Å². The summed E-state index contributed by atoms with van der Waals surface area (Å²) in [6, 6.07) is 9.77.